The van der Waals surface area contributed by atoms with Gasteiger partial charge < -0.3 is 0 Å². The van der Waals surface area contributed by atoms with Gasteiger partial charge in [0.25, 0.3) is 0 Å². The molecule has 192 valence electrons. The van der Waals surface area contributed by atoms with Crippen LogP contribution in [0.5, 0.6) is 0 Å². The Morgan fingerprint density at radius 1 is 0.656 bits per heavy atom. The third-order valence-electron chi connectivity index (χ3n) is 6.24. The maximum atomic E-state index is 10.9. The Balaban J connectivity index is 3.77. The molecule has 0 fully saturated rings. The lowest BCUT2D eigenvalue weighted by atomic mass is 9.99. The van der Waals surface area contributed by atoms with Crippen LogP contribution in [0.25, 0.3) is 0 Å². The highest BCUT2D eigenvalue weighted by Crippen LogP contribution is 2.17. The van der Waals surface area contributed by atoms with Crippen molar-refractivity contribution in [2.75, 3.05) is 6.61 Å². The highest BCUT2D eigenvalue weighted by molar-refractivity contribution is 7.80. The lowest BCUT2D eigenvalue weighted by molar-refractivity contribution is 0.234. The molecule has 1 unspecified atom stereocenters. The molecule has 0 saturated heterocycles. The van der Waals surface area contributed by atoms with E-state index >= 15 is 0 Å². The molecule has 0 aliphatic rings. The fourth-order valence-electron chi connectivity index (χ4n) is 4.16. The van der Waals surface area contributed by atoms with Gasteiger partial charge in [0.05, 0.1) is 6.61 Å². The highest BCUT2D eigenvalue weighted by atomic mass is 32.3. The summed E-state index contributed by atoms with van der Waals surface area (Å²) in [6.07, 6.45) is 31.1. The first-order valence-electron chi connectivity index (χ1n) is 13.8. The maximum Gasteiger partial charge on any atom is 0.397 e. The maximum absolute atomic E-state index is 10.9. The zero-order valence-electron chi connectivity index (χ0n) is 21.4. The second kappa shape index (κ2) is 23.8. The first-order valence-corrected chi connectivity index (χ1v) is 15.1. The van der Waals surface area contributed by atoms with Crippen LogP contribution < -0.4 is 0 Å². The van der Waals surface area contributed by atoms with Crippen LogP contribution in [0.4, 0.5) is 0 Å². The molecule has 0 heterocycles. The molecule has 0 bridgehead atoms. The molecule has 0 aromatic heterocycles. The van der Waals surface area contributed by atoms with Gasteiger partial charge in [0.15, 0.2) is 0 Å². The van der Waals surface area contributed by atoms with Gasteiger partial charge in [-0.1, -0.05) is 142 Å². The third-order valence-corrected chi connectivity index (χ3v) is 6.68. The van der Waals surface area contributed by atoms with Gasteiger partial charge in [0.2, 0.25) is 0 Å². The van der Waals surface area contributed by atoms with Crippen LogP contribution in [0.1, 0.15) is 149 Å². The van der Waals surface area contributed by atoms with Crippen LogP contribution in [0.15, 0.2) is 12.2 Å². The summed E-state index contributed by atoms with van der Waals surface area (Å²) in [5, 5.41) is 0. The molecule has 0 aromatic carbocycles. The van der Waals surface area contributed by atoms with Crippen LogP contribution >= 0.6 is 0 Å². The van der Waals surface area contributed by atoms with Gasteiger partial charge in [-0.2, -0.15) is 8.42 Å². The van der Waals surface area contributed by atoms with Gasteiger partial charge in [0.1, 0.15) is 0 Å². The van der Waals surface area contributed by atoms with Crippen molar-refractivity contribution < 1.29 is 17.2 Å². The van der Waals surface area contributed by atoms with E-state index in [0.717, 1.165) is 19.3 Å². The van der Waals surface area contributed by atoms with Gasteiger partial charge in [-0.3, -0.25) is 4.55 Å². The highest BCUT2D eigenvalue weighted by Gasteiger charge is 2.11. The SMILES string of the molecule is CCCCCCC/C=C/C(CCCCCCCCCCCCCCCC)COS(=O)(=O)O. The van der Waals surface area contributed by atoms with Crippen LogP contribution in [-0.4, -0.2) is 19.6 Å². The van der Waals surface area contributed by atoms with E-state index in [9.17, 15) is 8.42 Å². The fourth-order valence-corrected chi connectivity index (χ4v) is 4.51. The number of rotatable bonds is 25. The van der Waals surface area contributed by atoms with Crippen molar-refractivity contribution in [3.8, 4) is 0 Å². The quantitative estimate of drug-likeness (QED) is 0.0813. The van der Waals surface area contributed by atoms with E-state index in [4.69, 9.17) is 4.55 Å². The van der Waals surface area contributed by atoms with Crippen LogP contribution in [0, 0.1) is 5.92 Å². The fraction of sp³-hybridized carbons (Fsp3) is 0.926. The molecule has 0 aliphatic carbocycles. The minimum Gasteiger partial charge on any atom is -0.264 e. The smallest absolute Gasteiger partial charge is 0.264 e. The van der Waals surface area contributed by atoms with Crippen molar-refractivity contribution in [3.63, 3.8) is 0 Å². The van der Waals surface area contributed by atoms with Gasteiger partial charge in [-0.25, -0.2) is 4.18 Å². The summed E-state index contributed by atoms with van der Waals surface area (Å²) in [6.45, 7) is 4.53. The summed E-state index contributed by atoms with van der Waals surface area (Å²) in [6, 6.07) is 0. The standard InChI is InChI=1S/C27H54O4S/c1-3-5-7-9-11-12-13-14-15-16-17-19-21-23-25-27(26-31-32(28,29)30)24-22-20-18-10-8-6-4-2/h22,24,27H,3-21,23,25-26H2,1-2H3,(H,28,29,30)/b24-22+. The Bertz CT molecular complexity index is 502. The lowest BCUT2D eigenvalue weighted by Gasteiger charge is -2.12. The van der Waals surface area contributed by atoms with E-state index in [1.54, 1.807) is 0 Å². The molecule has 0 aliphatic heterocycles. The largest absolute Gasteiger partial charge is 0.397 e. The Morgan fingerprint density at radius 3 is 1.50 bits per heavy atom. The van der Waals surface area contributed by atoms with Gasteiger partial charge >= 0.3 is 10.4 Å². The molecular formula is C27H54O4S. The molecule has 0 spiro atoms. The Kier molecular flexibility index (Phi) is 23.5. The van der Waals surface area contributed by atoms with E-state index in [2.05, 4.69) is 30.2 Å². The van der Waals surface area contributed by atoms with Gasteiger partial charge in [-0.05, 0) is 19.3 Å². The van der Waals surface area contributed by atoms with E-state index in [1.165, 1.54) is 116 Å². The molecule has 0 rings (SSSR count). The van der Waals surface area contributed by atoms with E-state index in [-0.39, 0.29) is 12.5 Å². The molecular weight excluding hydrogens is 420 g/mol. The molecule has 0 aromatic rings. The van der Waals surface area contributed by atoms with Gasteiger partial charge in [0, 0.05) is 5.92 Å². The monoisotopic (exact) mass is 474 g/mol. The average molecular weight is 475 g/mol. The summed E-state index contributed by atoms with van der Waals surface area (Å²) in [5.74, 6) is 0.0601. The predicted molar refractivity (Wildman–Crippen MR) is 138 cm³/mol. The molecule has 0 radical (unpaired) electrons. The minimum atomic E-state index is -4.36. The summed E-state index contributed by atoms with van der Waals surface area (Å²) in [7, 11) is -4.36. The normalized spacial score (nSPS) is 13.2. The second-order valence-electron chi connectivity index (χ2n) is 9.49. The average Bonchev–Trinajstić information content (AvgIpc) is 2.75. The van der Waals surface area contributed by atoms with Crippen LogP contribution in [0.2, 0.25) is 0 Å². The number of hydrogen-bond acceptors (Lipinski definition) is 3. The van der Waals surface area contributed by atoms with Crippen molar-refractivity contribution in [1.29, 1.82) is 0 Å². The zero-order chi connectivity index (χ0) is 23.8. The molecule has 1 atom stereocenters. The summed E-state index contributed by atoms with van der Waals surface area (Å²) in [5.41, 5.74) is 0. The molecule has 0 amide bonds. The van der Waals surface area contributed by atoms with E-state index in [1.807, 2.05) is 0 Å². The molecule has 1 N–H and O–H groups in total. The third kappa shape index (κ3) is 25.9. The molecule has 4 nitrogen and oxygen atoms in total. The topological polar surface area (TPSA) is 63.6 Å². The minimum absolute atomic E-state index is 0.0453. The molecule has 0 saturated carbocycles. The van der Waals surface area contributed by atoms with Crippen LogP contribution in [-0.2, 0) is 14.6 Å². The first kappa shape index (κ1) is 31.6. The lowest BCUT2D eigenvalue weighted by Crippen LogP contribution is -2.12. The number of unbranched alkanes of at least 4 members (excludes halogenated alkanes) is 18. The zero-order valence-corrected chi connectivity index (χ0v) is 22.2. The van der Waals surface area contributed by atoms with Crippen molar-refractivity contribution >= 4 is 10.4 Å². The summed E-state index contributed by atoms with van der Waals surface area (Å²) in [4.78, 5) is 0. The van der Waals surface area contributed by atoms with Crippen LogP contribution in [0.3, 0.4) is 0 Å². The second-order valence-corrected chi connectivity index (χ2v) is 10.6. The van der Waals surface area contributed by atoms with Crippen molar-refractivity contribution in [3.05, 3.63) is 12.2 Å². The Morgan fingerprint density at radius 2 is 1.06 bits per heavy atom. The molecule has 5 heteroatoms. The Labute approximate surface area is 200 Å². The summed E-state index contributed by atoms with van der Waals surface area (Å²) >= 11 is 0. The van der Waals surface area contributed by atoms with Crippen molar-refractivity contribution in [2.24, 2.45) is 5.92 Å². The Hall–Kier alpha value is -0.390. The van der Waals surface area contributed by atoms with Crippen molar-refractivity contribution in [1.82, 2.24) is 0 Å². The first-order chi connectivity index (χ1) is 15.5. The van der Waals surface area contributed by atoms with Gasteiger partial charge in [-0.15, -0.1) is 0 Å². The molecule has 32 heavy (non-hydrogen) atoms. The van der Waals surface area contributed by atoms with E-state index in [0.29, 0.717) is 0 Å². The van der Waals surface area contributed by atoms with E-state index < -0.39 is 10.4 Å². The van der Waals surface area contributed by atoms with Crippen molar-refractivity contribution in [2.45, 2.75) is 149 Å². The number of hydrogen-bond donors (Lipinski definition) is 1. The number of allylic oxidation sites excluding steroid dienone is 1. The summed E-state index contributed by atoms with van der Waals surface area (Å²) < 4.78 is 35.4. The predicted octanol–water partition coefficient (Wildman–Crippen LogP) is 9.21.